The van der Waals surface area contributed by atoms with Crippen LogP contribution in [0, 0.1) is 0 Å². The van der Waals surface area contributed by atoms with Gasteiger partial charge in [-0.3, -0.25) is 0 Å². The molecule has 0 aromatic carbocycles. The lowest BCUT2D eigenvalue weighted by molar-refractivity contribution is 0.386. The predicted octanol–water partition coefficient (Wildman–Crippen LogP) is 1.91. The summed E-state index contributed by atoms with van der Waals surface area (Å²) in [5.41, 5.74) is 0. The van der Waals surface area contributed by atoms with Gasteiger partial charge in [0.05, 0.1) is 0 Å². The van der Waals surface area contributed by atoms with Crippen molar-refractivity contribution >= 4 is 21.8 Å². The van der Waals surface area contributed by atoms with E-state index in [-0.39, 0.29) is 0 Å². The van der Waals surface area contributed by atoms with Crippen molar-refractivity contribution in [2.75, 3.05) is 33.1 Å². The zero-order valence-electron chi connectivity index (χ0n) is 10.4. The van der Waals surface area contributed by atoms with Gasteiger partial charge in [0, 0.05) is 33.1 Å². The van der Waals surface area contributed by atoms with E-state index in [9.17, 15) is 8.42 Å². The van der Waals surface area contributed by atoms with E-state index in [1.165, 1.54) is 8.61 Å². The first kappa shape index (κ1) is 16.2. The van der Waals surface area contributed by atoms with E-state index >= 15 is 0 Å². The summed E-state index contributed by atoms with van der Waals surface area (Å²) in [6.07, 6.45) is 3.75. The second-order valence-electron chi connectivity index (χ2n) is 3.90. The number of nitrogens with zero attached hydrogens (tertiary/aromatic N) is 2. The molecule has 0 fully saturated rings. The molecule has 0 aliphatic carbocycles. The number of hydrogen-bond acceptors (Lipinski definition) is 2. The van der Waals surface area contributed by atoms with Crippen LogP contribution in [0.15, 0.2) is 0 Å². The summed E-state index contributed by atoms with van der Waals surface area (Å²) in [6, 6.07) is 0. The van der Waals surface area contributed by atoms with Gasteiger partial charge in [-0.2, -0.15) is 17.0 Å². The van der Waals surface area contributed by atoms with Gasteiger partial charge >= 0.3 is 0 Å². The van der Waals surface area contributed by atoms with E-state index in [1.54, 1.807) is 14.1 Å². The van der Waals surface area contributed by atoms with Crippen LogP contribution in [0.5, 0.6) is 0 Å². The molecule has 0 saturated heterocycles. The van der Waals surface area contributed by atoms with Crippen LogP contribution in [0.1, 0.15) is 32.6 Å². The first-order chi connectivity index (χ1) is 7.46. The molecule has 0 atom stereocenters. The van der Waals surface area contributed by atoms with Gasteiger partial charge in [-0.25, -0.2) is 0 Å². The zero-order valence-corrected chi connectivity index (χ0v) is 12.0. The summed E-state index contributed by atoms with van der Waals surface area (Å²) in [7, 11) is -0.0611. The lowest BCUT2D eigenvalue weighted by Gasteiger charge is -2.24. The SMILES string of the molecule is CCCCCN(C)S(=O)(=O)N(C)CCCCl. The second kappa shape index (κ2) is 8.28. The number of hydrogen-bond donors (Lipinski definition) is 0. The molecule has 0 aromatic rings. The van der Waals surface area contributed by atoms with Gasteiger partial charge in [0.15, 0.2) is 0 Å². The van der Waals surface area contributed by atoms with E-state index in [1.807, 2.05) is 0 Å². The molecule has 0 rings (SSSR count). The fourth-order valence-corrected chi connectivity index (χ4v) is 2.65. The first-order valence-electron chi connectivity index (χ1n) is 5.70. The van der Waals surface area contributed by atoms with Crippen molar-refractivity contribution in [1.82, 2.24) is 8.61 Å². The highest BCUT2D eigenvalue weighted by Crippen LogP contribution is 2.07. The summed E-state index contributed by atoms with van der Waals surface area (Å²) in [4.78, 5) is 0. The molecule has 0 amide bonds. The molecular weight excluding hydrogens is 248 g/mol. The molecule has 0 saturated carbocycles. The molecule has 98 valence electrons. The molecule has 0 aliphatic heterocycles. The monoisotopic (exact) mass is 270 g/mol. The van der Waals surface area contributed by atoms with Crippen LogP contribution in [0.4, 0.5) is 0 Å². The number of alkyl halides is 1. The van der Waals surface area contributed by atoms with E-state index < -0.39 is 10.2 Å². The van der Waals surface area contributed by atoms with Crippen LogP contribution in [-0.4, -0.2) is 50.1 Å². The van der Waals surface area contributed by atoms with E-state index in [2.05, 4.69) is 6.92 Å². The molecule has 16 heavy (non-hydrogen) atoms. The van der Waals surface area contributed by atoms with Crippen LogP contribution in [-0.2, 0) is 10.2 Å². The lowest BCUT2D eigenvalue weighted by Crippen LogP contribution is -2.40. The van der Waals surface area contributed by atoms with Gasteiger partial charge < -0.3 is 0 Å². The Bertz CT molecular complexity index is 270. The Balaban J connectivity index is 4.18. The predicted molar refractivity (Wildman–Crippen MR) is 69.0 cm³/mol. The van der Waals surface area contributed by atoms with Gasteiger partial charge in [-0.1, -0.05) is 19.8 Å². The summed E-state index contributed by atoms with van der Waals surface area (Å²) >= 11 is 5.54. The smallest absolute Gasteiger partial charge is 0.195 e. The van der Waals surface area contributed by atoms with Crippen molar-refractivity contribution in [3.8, 4) is 0 Å². The molecule has 0 N–H and O–H groups in total. The maximum absolute atomic E-state index is 11.9. The molecule has 0 spiro atoms. The minimum Gasteiger partial charge on any atom is -0.195 e. The summed E-state index contributed by atoms with van der Waals surface area (Å²) in [5.74, 6) is 0.486. The standard InChI is InChI=1S/C10H23ClN2O2S/c1-4-5-6-9-12(2)16(14,15)13(3)10-7-8-11/h4-10H2,1-3H3. The molecule has 0 aromatic heterocycles. The highest BCUT2D eigenvalue weighted by atomic mass is 35.5. The summed E-state index contributed by atoms with van der Waals surface area (Å²) in [5, 5.41) is 0. The minimum atomic E-state index is -3.28. The summed E-state index contributed by atoms with van der Waals surface area (Å²) < 4.78 is 26.7. The Morgan fingerprint density at radius 3 is 1.94 bits per heavy atom. The molecular formula is C10H23ClN2O2S. The van der Waals surface area contributed by atoms with Crippen molar-refractivity contribution in [3.05, 3.63) is 0 Å². The Kier molecular flexibility index (Phi) is 8.36. The van der Waals surface area contributed by atoms with Crippen molar-refractivity contribution in [1.29, 1.82) is 0 Å². The van der Waals surface area contributed by atoms with Gasteiger partial charge in [-0.15, -0.1) is 11.6 Å². The van der Waals surface area contributed by atoms with E-state index in [4.69, 9.17) is 11.6 Å². The van der Waals surface area contributed by atoms with Gasteiger partial charge in [0.25, 0.3) is 10.2 Å². The van der Waals surface area contributed by atoms with Crippen molar-refractivity contribution in [3.63, 3.8) is 0 Å². The van der Waals surface area contributed by atoms with Gasteiger partial charge in [-0.05, 0) is 12.8 Å². The summed E-state index contributed by atoms with van der Waals surface area (Å²) in [6.45, 7) is 3.16. The van der Waals surface area contributed by atoms with Crippen LogP contribution in [0.3, 0.4) is 0 Å². The minimum absolute atomic E-state index is 0.476. The van der Waals surface area contributed by atoms with E-state index in [0.717, 1.165) is 19.3 Å². The van der Waals surface area contributed by atoms with Crippen LogP contribution in [0.2, 0.25) is 0 Å². The molecule has 0 bridgehead atoms. The van der Waals surface area contributed by atoms with Gasteiger partial charge in [0.1, 0.15) is 0 Å². The molecule has 0 heterocycles. The molecule has 0 radical (unpaired) electrons. The topological polar surface area (TPSA) is 40.6 Å². The third-order valence-electron chi connectivity index (χ3n) is 2.47. The number of halogens is 1. The van der Waals surface area contributed by atoms with Crippen LogP contribution < -0.4 is 0 Å². The Morgan fingerprint density at radius 1 is 1.00 bits per heavy atom. The fourth-order valence-electron chi connectivity index (χ4n) is 1.34. The average molecular weight is 271 g/mol. The van der Waals surface area contributed by atoms with Crippen molar-refractivity contribution in [2.45, 2.75) is 32.6 Å². The second-order valence-corrected chi connectivity index (χ2v) is 6.42. The van der Waals surface area contributed by atoms with Gasteiger partial charge in [0.2, 0.25) is 0 Å². The van der Waals surface area contributed by atoms with Crippen LogP contribution in [0.25, 0.3) is 0 Å². The average Bonchev–Trinajstić information content (AvgIpc) is 2.25. The maximum Gasteiger partial charge on any atom is 0.281 e. The highest BCUT2D eigenvalue weighted by molar-refractivity contribution is 7.86. The Labute approximate surface area is 105 Å². The third-order valence-corrected chi connectivity index (χ3v) is 4.68. The molecule has 0 aliphatic rings. The highest BCUT2D eigenvalue weighted by Gasteiger charge is 2.22. The largest absolute Gasteiger partial charge is 0.281 e. The Morgan fingerprint density at radius 2 is 1.50 bits per heavy atom. The molecule has 4 nitrogen and oxygen atoms in total. The molecule has 6 heteroatoms. The van der Waals surface area contributed by atoms with Crippen molar-refractivity contribution in [2.24, 2.45) is 0 Å². The third kappa shape index (κ3) is 5.48. The molecule has 0 unspecified atom stereocenters. The number of unbranched alkanes of at least 4 members (excludes halogenated alkanes) is 2. The van der Waals surface area contributed by atoms with Crippen LogP contribution >= 0.6 is 11.6 Å². The lowest BCUT2D eigenvalue weighted by atomic mass is 10.2. The zero-order chi connectivity index (χ0) is 12.6. The number of rotatable bonds is 9. The fraction of sp³-hybridized carbons (Fsp3) is 1.00. The Hall–Kier alpha value is 0.160. The maximum atomic E-state index is 11.9. The quantitative estimate of drug-likeness (QED) is 0.474. The van der Waals surface area contributed by atoms with E-state index in [0.29, 0.717) is 25.4 Å². The normalized spacial score (nSPS) is 12.6. The van der Waals surface area contributed by atoms with Crippen molar-refractivity contribution < 1.29 is 8.42 Å². The first-order valence-corrected chi connectivity index (χ1v) is 7.63.